The fourth-order valence-corrected chi connectivity index (χ4v) is 3.23. The number of para-hydroxylation sites is 1. The third kappa shape index (κ3) is 4.00. The first-order valence-electron chi connectivity index (χ1n) is 7.53. The first kappa shape index (κ1) is 17.4. The van der Waals surface area contributed by atoms with E-state index in [9.17, 15) is 9.59 Å². The number of H-pyrrole nitrogens is 1. The number of imidazole rings is 1. The number of pyridine rings is 1. The maximum atomic E-state index is 12.4. The van der Waals surface area contributed by atoms with Crippen LogP contribution in [0.1, 0.15) is 24.2 Å². The van der Waals surface area contributed by atoms with Crippen LogP contribution in [0.15, 0.2) is 41.7 Å². The number of anilines is 1. The highest BCUT2D eigenvalue weighted by Crippen LogP contribution is 2.25. The molecule has 3 aromatic rings. The zero-order chi connectivity index (χ0) is 18.0. The van der Waals surface area contributed by atoms with Gasteiger partial charge >= 0.3 is 0 Å². The number of aromatic amines is 1. The number of ketones is 1. The Morgan fingerprint density at radius 1 is 1.32 bits per heavy atom. The third-order valence-electron chi connectivity index (χ3n) is 3.50. The van der Waals surface area contributed by atoms with E-state index >= 15 is 0 Å². The van der Waals surface area contributed by atoms with Crippen LogP contribution >= 0.6 is 23.4 Å². The first-order chi connectivity index (χ1) is 11.9. The van der Waals surface area contributed by atoms with Crippen molar-refractivity contribution in [1.29, 1.82) is 0 Å². The second-order valence-electron chi connectivity index (χ2n) is 5.42. The molecule has 2 aromatic heterocycles. The molecule has 8 heteroatoms. The number of nitrogens with zero attached hydrogens (tertiary/aromatic N) is 2. The van der Waals surface area contributed by atoms with Crippen LogP contribution in [0.5, 0.6) is 0 Å². The van der Waals surface area contributed by atoms with E-state index in [2.05, 4.69) is 20.3 Å². The Bertz CT molecular complexity index is 957. The van der Waals surface area contributed by atoms with Gasteiger partial charge in [-0.05, 0) is 32.0 Å². The van der Waals surface area contributed by atoms with Crippen molar-refractivity contribution in [1.82, 2.24) is 15.0 Å². The van der Waals surface area contributed by atoms with E-state index in [4.69, 9.17) is 11.6 Å². The smallest absolute Gasteiger partial charge is 0.237 e. The van der Waals surface area contributed by atoms with Crippen LogP contribution in [-0.2, 0) is 4.79 Å². The van der Waals surface area contributed by atoms with Gasteiger partial charge in [-0.3, -0.25) is 9.59 Å². The van der Waals surface area contributed by atoms with Gasteiger partial charge in [0.05, 0.1) is 21.5 Å². The number of carbonyl (C=O) groups excluding carboxylic acids is 2. The molecule has 0 saturated carbocycles. The quantitative estimate of drug-likeness (QED) is 0.521. The molecule has 0 spiro atoms. The van der Waals surface area contributed by atoms with Crippen LogP contribution in [0.25, 0.3) is 11.2 Å². The summed E-state index contributed by atoms with van der Waals surface area (Å²) in [6.07, 6.45) is 1.52. The maximum Gasteiger partial charge on any atom is 0.237 e. The van der Waals surface area contributed by atoms with Gasteiger partial charge < -0.3 is 10.3 Å². The normalized spacial score (nSPS) is 12.1. The van der Waals surface area contributed by atoms with Crippen molar-refractivity contribution in [3.05, 3.63) is 47.1 Å². The first-order valence-corrected chi connectivity index (χ1v) is 8.78. The zero-order valence-electron chi connectivity index (χ0n) is 13.5. The molecule has 1 aromatic carbocycles. The molecule has 0 aliphatic heterocycles. The van der Waals surface area contributed by atoms with Gasteiger partial charge in [0.25, 0.3) is 0 Å². The molecular formula is C17H15ClN4O2S. The molecule has 0 bridgehead atoms. The van der Waals surface area contributed by atoms with Gasteiger partial charge in [0.15, 0.2) is 16.6 Å². The van der Waals surface area contributed by atoms with Crippen LogP contribution < -0.4 is 5.32 Å². The predicted molar refractivity (Wildman–Crippen MR) is 99.3 cm³/mol. The molecule has 0 aliphatic carbocycles. The van der Waals surface area contributed by atoms with E-state index < -0.39 is 5.25 Å². The number of rotatable bonds is 5. The van der Waals surface area contributed by atoms with Crippen molar-refractivity contribution in [3.63, 3.8) is 0 Å². The number of halogens is 1. The van der Waals surface area contributed by atoms with E-state index in [1.165, 1.54) is 24.9 Å². The van der Waals surface area contributed by atoms with Crippen LogP contribution in [0.2, 0.25) is 5.02 Å². The highest BCUT2D eigenvalue weighted by Gasteiger charge is 2.18. The average molecular weight is 375 g/mol. The molecule has 0 aliphatic rings. The van der Waals surface area contributed by atoms with Crippen molar-refractivity contribution in [2.24, 2.45) is 0 Å². The van der Waals surface area contributed by atoms with Crippen molar-refractivity contribution >= 4 is 51.9 Å². The molecule has 0 saturated heterocycles. The summed E-state index contributed by atoms with van der Waals surface area (Å²) in [5.41, 5.74) is 2.24. The number of carbonyl (C=O) groups is 2. The number of benzene rings is 1. The number of hydrogen-bond donors (Lipinski definition) is 2. The van der Waals surface area contributed by atoms with Crippen molar-refractivity contribution in [3.8, 4) is 0 Å². The van der Waals surface area contributed by atoms with Crippen molar-refractivity contribution in [2.45, 2.75) is 24.3 Å². The number of thioether (sulfide) groups is 1. The molecule has 3 rings (SSSR count). The highest BCUT2D eigenvalue weighted by atomic mass is 35.5. The molecule has 6 nitrogen and oxygen atoms in total. The second-order valence-corrected chi connectivity index (χ2v) is 7.18. The highest BCUT2D eigenvalue weighted by molar-refractivity contribution is 8.00. The molecule has 0 unspecified atom stereocenters. The lowest BCUT2D eigenvalue weighted by molar-refractivity contribution is -0.115. The Balaban J connectivity index is 1.73. The molecule has 1 amide bonds. The van der Waals surface area contributed by atoms with E-state index in [0.717, 1.165) is 0 Å². The number of amides is 1. The molecule has 2 heterocycles. The topological polar surface area (TPSA) is 87.7 Å². The molecule has 0 fully saturated rings. The summed E-state index contributed by atoms with van der Waals surface area (Å²) in [4.78, 5) is 35.6. The average Bonchev–Trinajstić information content (AvgIpc) is 2.96. The van der Waals surface area contributed by atoms with E-state index in [0.29, 0.717) is 32.6 Å². The molecule has 2 N–H and O–H groups in total. The van der Waals surface area contributed by atoms with Gasteiger partial charge in [-0.25, -0.2) is 9.97 Å². The third-order valence-corrected chi connectivity index (χ3v) is 4.70. The summed E-state index contributed by atoms with van der Waals surface area (Å²) in [5, 5.41) is 3.46. The van der Waals surface area contributed by atoms with E-state index in [1.54, 1.807) is 37.3 Å². The Morgan fingerprint density at radius 3 is 2.84 bits per heavy atom. The van der Waals surface area contributed by atoms with Crippen molar-refractivity contribution < 1.29 is 9.59 Å². The molecule has 128 valence electrons. The summed E-state index contributed by atoms with van der Waals surface area (Å²) < 4.78 is 0. The number of fused-ring (bicyclic) bond motifs is 1. The Hall–Kier alpha value is -2.38. The standard InChI is InChI=1S/C17H15ClN4O2S/c1-9(23)12-5-3-4-6-13(12)20-16(24)10(2)25-17-21-14-7-11(18)8-19-15(14)22-17/h3-8,10H,1-2H3,(H,20,24)(H,19,21,22)/t10-/m0/s1. The SMILES string of the molecule is CC(=O)c1ccccc1NC(=O)[C@H](C)Sc1nc2ncc(Cl)cc2[nH]1. The number of aromatic nitrogens is 3. The summed E-state index contributed by atoms with van der Waals surface area (Å²) in [6, 6.07) is 8.66. The van der Waals surface area contributed by atoms with Gasteiger partial charge in [0.1, 0.15) is 0 Å². The van der Waals surface area contributed by atoms with Gasteiger partial charge in [-0.15, -0.1) is 0 Å². The fraction of sp³-hybridized carbons (Fsp3) is 0.176. The summed E-state index contributed by atoms with van der Waals surface area (Å²) in [7, 11) is 0. The largest absolute Gasteiger partial charge is 0.331 e. The van der Waals surface area contributed by atoms with Gasteiger partial charge in [0, 0.05) is 11.8 Å². The lowest BCUT2D eigenvalue weighted by Gasteiger charge is -2.12. The number of hydrogen-bond acceptors (Lipinski definition) is 5. The molecule has 1 atom stereocenters. The summed E-state index contributed by atoms with van der Waals surface area (Å²) >= 11 is 7.18. The predicted octanol–water partition coefficient (Wildman–Crippen LogP) is 3.93. The van der Waals surface area contributed by atoms with Crippen LogP contribution in [0.3, 0.4) is 0 Å². The van der Waals surface area contributed by atoms with Crippen molar-refractivity contribution in [2.75, 3.05) is 5.32 Å². The Labute approximate surface area is 153 Å². The van der Waals surface area contributed by atoms with E-state index in [1.807, 2.05) is 0 Å². The minimum absolute atomic E-state index is 0.101. The van der Waals surface area contributed by atoms with Crippen LogP contribution in [0.4, 0.5) is 5.69 Å². The Morgan fingerprint density at radius 2 is 2.08 bits per heavy atom. The summed E-state index contributed by atoms with van der Waals surface area (Å²) in [6.45, 7) is 3.24. The molecule has 0 radical (unpaired) electrons. The van der Waals surface area contributed by atoms with Gasteiger partial charge in [-0.2, -0.15) is 0 Å². The minimum Gasteiger partial charge on any atom is -0.331 e. The zero-order valence-corrected chi connectivity index (χ0v) is 15.1. The second kappa shape index (κ2) is 7.25. The lowest BCUT2D eigenvalue weighted by Crippen LogP contribution is -2.23. The number of Topliss-reactive ketones (excluding diaryl/α,β-unsaturated/α-hetero) is 1. The van der Waals surface area contributed by atoms with Gasteiger partial charge in [-0.1, -0.05) is 35.5 Å². The van der Waals surface area contributed by atoms with Gasteiger partial charge in [0.2, 0.25) is 5.91 Å². The van der Waals surface area contributed by atoms with Crippen LogP contribution in [0, 0.1) is 0 Å². The molecular weight excluding hydrogens is 360 g/mol. The number of nitrogens with one attached hydrogen (secondary N) is 2. The fourth-order valence-electron chi connectivity index (χ4n) is 2.26. The minimum atomic E-state index is -0.420. The monoisotopic (exact) mass is 374 g/mol. The lowest BCUT2D eigenvalue weighted by atomic mass is 10.1. The molecule has 25 heavy (non-hydrogen) atoms. The van der Waals surface area contributed by atoms with Crippen LogP contribution in [-0.4, -0.2) is 31.9 Å². The van der Waals surface area contributed by atoms with E-state index in [-0.39, 0.29) is 11.7 Å². The summed E-state index contributed by atoms with van der Waals surface area (Å²) in [5.74, 6) is -0.318. The maximum absolute atomic E-state index is 12.4. The Kier molecular flexibility index (Phi) is 5.06.